The SMILES string of the molecule is CC(C)(C)c1ccc(N(c2ccc(C(C)(C)C)cc2)c2cc3c4c(c2)-n2c5ccc(C(C)(C)C)cc5c5cc(C(C)(C)C)cc(c52)B4N(c2cccc4c2sc2ccccc24)c2cc4c(cc2-3)Sc2ccccc2S4)cc1. The molecule has 11 aromatic rings. The van der Waals surface area contributed by atoms with Crippen molar-refractivity contribution in [2.75, 3.05) is 9.71 Å². The van der Waals surface area contributed by atoms with E-state index in [1.54, 1.807) is 0 Å². The fourth-order valence-electron chi connectivity index (χ4n) is 12.4. The van der Waals surface area contributed by atoms with Gasteiger partial charge in [0.05, 0.1) is 15.7 Å². The van der Waals surface area contributed by atoms with E-state index >= 15 is 0 Å². The van der Waals surface area contributed by atoms with E-state index in [9.17, 15) is 0 Å². The average Bonchev–Trinajstić information content (AvgIpc) is 4.04. The summed E-state index contributed by atoms with van der Waals surface area (Å²) in [5.41, 5.74) is 20.1. The smallest absolute Gasteiger partial charge is 0.333 e. The number of rotatable bonds is 4. The number of fused-ring (bicyclic) bond motifs is 12. The predicted octanol–water partition coefficient (Wildman–Crippen LogP) is 19.7. The Morgan fingerprint density at radius 2 is 0.974 bits per heavy atom. The molecular weight excluding hydrogens is 990 g/mol. The third-order valence-corrected chi connectivity index (χ3v) is 20.4. The van der Waals surface area contributed by atoms with Crippen LogP contribution in [-0.4, -0.2) is 11.4 Å². The summed E-state index contributed by atoms with van der Waals surface area (Å²) in [5.74, 6) is 0. The highest BCUT2D eigenvalue weighted by atomic mass is 32.2. The largest absolute Gasteiger partial charge is 0.375 e. The van der Waals surface area contributed by atoms with Crippen LogP contribution in [0.2, 0.25) is 0 Å². The van der Waals surface area contributed by atoms with Gasteiger partial charge in [-0.25, -0.2) is 0 Å². The van der Waals surface area contributed by atoms with Crippen molar-refractivity contribution in [1.29, 1.82) is 0 Å². The number of anilines is 5. The zero-order valence-corrected chi connectivity index (χ0v) is 48.8. The van der Waals surface area contributed by atoms with E-state index in [-0.39, 0.29) is 28.5 Å². The molecule has 0 unspecified atom stereocenters. The van der Waals surface area contributed by atoms with Crippen molar-refractivity contribution in [1.82, 2.24) is 4.57 Å². The lowest BCUT2D eigenvalue weighted by Gasteiger charge is -2.43. The van der Waals surface area contributed by atoms with Crippen molar-refractivity contribution in [3.63, 3.8) is 0 Å². The Morgan fingerprint density at radius 1 is 0.403 bits per heavy atom. The van der Waals surface area contributed by atoms with E-state index in [4.69, 9.17) is 0 Å². The summed E-state index contributed by atoms with van der Waals surface area (Å²) in [7, 11) is 0. The van der Waals surface area contributed by atoms with Gasteiger partial charge in [0.25, 0.3) is 0 Å². The van der Waals surface area contributed by atoms with Crippen LogP contribution in [0.3, 0.4) is 0 Å². The number of benzene rings is 9. The Morgan fingerprint density at radius 3 is 1.61 bits per heavy atom. The Hall–Kier alpha value is -6.64. The molecule has 0 bridgehead atoms. The first-order valence-corrected chi connectivity index (χ1v) is 29.8. The average molecular weight is 1050 g/mol. The van der Waals surface area contributed by atoms with Gasteiger partial charge in [-0.2, -0.15) is 0 Å². The van der Waals surface area contributed by atoms with Crippen LogP contribution in [0.4, 0.5) is 28.4 Å². The molecule has 2 aromatic heterocycles. The zero-order valence-electron chi connectivity index (χ0n) is 46.3. The second-order valence-electron chi connectivity index (χ2n) is 25.9. The van der Waals surface area contributed by atoms with Gasteiger partial charge >= 0.3 is 6.85 Å². The predicted molar refractivity (Wildman–Crippen MR) is 337 cm³/mol. The van der Waals surface area contributed by atoms with Crippen molar-refractivity contribution in [2.24, 2.45) is 0 Å². The van der Waals surface area contributed by atoms with Gasteiger partial charge in [-0.1, -0.05) is 185 Å². The van der Waals surface area contributed by atoms with E-state index in [0.29, 0.717) is 0 Å². The highest BCUT2D eigenvalue weighted by Crippen LogP contribution is 2.56. The van der Waals surface area contributed by atoms with Crippen LogP contribution >= 0.6 is 34.9 Å². The molecule has 0 saturated heterocycles. The van der Waals surface area contributed by atoms with E-state index in [1.165, 1.54) is 123 Å². The van der Waals surface area contributed by atoms with Gasteiger partial charge in [0.2, 0.25) is 0 Å². The molecule has 0 amide bonds. The first kappa shape index (κ1) is 48.7. The van der Waals surface area contributed by atoms with Crippen molar-refractivity contribution in [3.8, 4) is 16.8 Å². The molecule has 5 heterocycles. The van der Waals surface area contributed by atoms with Gasteiger partial charge < -0.3 is 14.3 Å². The van der Waals surface area contributed by atoms with Crippen molar-refractivity contribution < 1.29 is 0 Å². The van der Waals surface area contributed by atoms with E-state index in [2.05, 4.69) is 267 Å². The maximum atomic E-state index is 2.78. The second kappa shape index (κ2) is 16.9. The quantitative estimate of drug-likeness (QED) is 0.163. The molecule has 0 aliphatic carbocycles. The summed E-state index contributed by atoms with van der Waals surface area (Å²) in [6.45, 7) is 27.9. The normalized spacial score (nSPS) is 14.1. The third-order valence-electron chi connectivity index (χ3n) is 16.6. The van der Waals surface area contributed by atoms with Crippen molar-refractivity contribution >= 4 is 123 Å². The molecule has 0 spiro atoms. The molecule has 77 heavy (non-hydrogen) atoms. The Kier molecular flexibility index (Phi) is 10.7. The van der Waals surface area contributed by atoms with Crippen LogP contribution in [-0.2, 0) is 21.7 Å². The summed E-state index contributed by atoms with van der Waals surface area (Å²) in [5, 5.41) is 5.25. The fourth-order valence-corrected chi connectivity index (χ4v) is 15.9. The lowest BCUT2D eigenvalue weighted by molar-refractivity contribution is 0.590. The summed E-state index contributed by atoms with van der Waals surface area (Å²) in [4.78, 5) is 10.5. The van der Waals surface area contributed by atoms with Crippen LogP contribution < -0.4 is 20.6 Å². The number of thiophene rings is 1. The number of hydrogen-bond acceptors (Lipinski definition) is 5. The molecule has 0 radical (unpaired) electrons. The van der Waals surface area contributed by atoms with Gasteiger partial charge in [0.15, 0.2) is 0 Å². The molecular formula is C70H64BN3S3. The highest BCUT2D eigenvalue weighted by molar-refractivity contribution is 8.05. The third kappa shape index (κ3) is 7.69. The van der Waals surface area contributed by atoms with Crippen LogP contribution in [0.15, 0.2) is 189 Å². The van der Waals surface area contributed by atoms with Crippen LogP contribution in [0.1, 0.15) is 105 Å². The maximum Gasteiger partial charge on any atom is 0.333 e. The zero-order chi connectivity index (χ0) is 53.2. The molecule has 14 rings (SSSR count). The van der Waals surface area contributed by atoms with Gasteiger partial charge in [-0.3, -0.25) is 0 Å². The maximum absolute atomic E-state index is 2.78. The Labute approximate surface area is 467 Å². The first-order chi connectivity index (χ1) is 36.7. The van der Waals surface area contributed by atoms with Crippen LogP contribution in [0, 0.1) is 0 Å². The molecule has 0 atom stereocenters. The molecule has 380 valence electrons. The van der Waals surface area contributed by atoms with Crippen LogP contribution in [0.5, 0.6) is 0 Å². The number of nitrogens with zero attached hydrogens (tertiary/aromatic N) is 3. The van der Waals surface area contributed by atoms with E-state index < -0.39 is 0 Å². The highest BCUT2D eigenvalue weighted by Gasteiger charge is 2.46. The minimum absolute atomic E-state index is 0.0162. The molecule has 3 nitrogen and oxygen atoms in total. The number of hydrogen-bond donors (Lipinski definition) is 0. The number of aromatic nitrogens is 1. The van der Waals surface area contributed by atoms with Crippen molar-refractivity contribution in [3.05, 3.63) is 192 Å². The molecule has 3 aliphatic heterocycles. The van der Waals surface area contributed by atoms with Crippen molar-refractivity contribution in [2.45, 2.75) is 124 Å². The summed E-state index contributed by atoms with van der Waals surface area (Å²) in [6.07, 6.45) is 0. The molecule has 0 N–H and O–H groups in total. The topological polar surface area (TPSA) is 11.4 Å². The van der Waals surface area contributed by atoms with Gasteiger partial charge in [-0.05, 0) is 151 Å². The molecule has 9 aromatic carbocycles. The fraction of sp³-hybridized carbons (Fsp3) is 0.229. The minimum Gasteiger partial charge on any atom is -0.375 e. The van der Waals surface area contributed by atoms with Crippen LogP contribution in [0.25, 0.3) is 58.8 Å². The summed E-state index contributed by atoms with van der Waals surface area (Å²) < 4.78 is 5.30. The monoisotopic (exact) mass is 1050 g/mol. The lowest BCUT2D eigenvalue weighted by Crippen LogP contribution is -2.61. The summed E-state index contributed by atoms with van der Waals surface area (Å²) >= 11 is 5.75. The standard InChI is InChI=1S/C70H64BN3S3/c1-67(2,3)41-24-29-45(30-25-41)72(46-31-26-42(27-32-46)68(4,5)6)47-37-52-51-39-62-63(76-61-23-16-15-22-60(61)75-62)40-57(51)74(56-20-17-19-49-48-18-13-14-21-59(48)77-66(49)56)71-54-36-44(70(10,11)12)35-53-50-34-43(69(7,8)9)28-33-55(50)73(65(53)54)58(38-47)64(52)71/h13-40H,1-12H3. The first-order valence-electron chi connectivity index (χ1n) is 27.3. The van der Waals surface area contributed by atoms with Gasteiger partial charge in [0.1, 0.15) is 0 Å². The Balaban J connectivity index is 1.14. The second-order valence-corrected chi connectivity index (χ2v) is 29.1. The molecule has 3 aliphatic rings. The molecule has 7 heteroatoms. The van der Waals surface area contributed by atoms with Gasteiger partial charge in [-0.15, -0.1) is 11.3 Å². The van der Waals surface area contributed by atoms with E-state index in [1.807, 2.05) is 34.9 Å². The summed E-state index contributed by atoms with van der Waals surface area (Å²) in [6, 6.07) is 66.3. The molecule has 0 fully saturated rings. The Bertz CT molecular complexity index is 4210. The minimum atomic E-state index is -0.154. The molecule has 0 saturated carbocycles. The van der Waals surface area contributed by atoms with E-state index in [0.717, 1.165) is 17.1 Å². The lowest BCUT2D eigenvalue weighted by atomic mass is 9.43. The van der Waals surface area contributed by atoms with Gasteiger partial charge in [0, 0.05) is 85.5 Å².